The fourth-order valence-corrected chi connectivity index (χ4v) is 3.03. The molecule has 0 aromatic carbocycles. The Balaban J connectivity index is 1.75. The number of rotatable bonds is 4. The van der Waals surface area contributed by atoms with Crippen molar-refractivity contribution >= 4 is 5.65 Å². The SMILES string of the molecule is CN(C)CC1CC(O)CN1Cc1cn2ccccc2n1. The molecule has 0 radical (unpaired) electrons. The summed E-state index contributed by atoms with van der Waals surface area (Å²) in [4.78, 5) is 9.16. The van der Waals surface area contributed by atoms with Crippen LogP contribution in [0, 0.1) is 0 Å². The first kappa shape index (κ1) is 13.5. The van der Waals surface area contributed by atoms with E-state index in [-0.39, 0.29) is 6.10 Å². The van der Waals surface area contributed by atoms with Gasteiger partial charge in [-0.25, -0.2) is 4.98 Å². The Morgan fingerprint density at radius 3 is 3.00 bits per heavy atom. The maximum Gasteiger partial charge on any atom is 0.137 e. The lowest BCUT2D eigenvalue weighted by atomic mass is 10.2. The largest absolute Gasteiger partial charge is 0.392 e. The Kier molecular flexibility index (Phi) is 3.74. The van der Waals surface area contributed by atoms with E-state index in [1.165, 1.54) is 0 Å². The monoisotopic (exact) mass is 274 g/mol. The summed E-state index contributed by atoms with van der Waals surface area (Å²) >= 11 is 0. The van der Waals surface area contributed by atoms with Crippen molar-refractivity contribution in [2.45, 2.75) is 25.1 Å². The van der Waals surface area contributed by atoms with Crippen LogP contribution in [0.5, 0.6) is 0 Å². The number of likely N-dealkylation sites (tertiary alicyclic amines) is 1. The molecule has 2 atom stereocenters. The van der Waals surface area contributed by atoms with E-state index in [9.17, 15) is 5.11 Å². The average molecular weight is 274 g/mol. The summed E-state index contributed by atoms with van der Waals surface area (Å²) in [6.45, 7) is 2.52. The van der Waals surface area contributed by atoms with Crippen LogP contribution < -0.4 is 0 Å². The number of nitrogens with zero attached hydrogens (tertiary/aromatic N) is 4. The lowest BCUT2D eigenvalue weighted by molar-refractivity contribution is 0.168. The minimum absolute atomic E-state index is 0.211. The topological polar surface area (TPSA) is 44.0 Å². The second kappa shape index (κ2) is 5.52. The number of fused-ring (bicyclic) bond motifs is 1. The van der Waals surface area contributed by atoms with Gasteiger partial charge in [-0.1, -0.05) is 6.07 Å². The van der Waals surface area contributed by atoms with Gasteiger partial charge in [-0.2, -0.15) is 0 Å². The molecule has 0 aliphatic carbocycles. The molecule has 0 saturated carbocycles. The Morgan fingerprint density at radius 1 is 1.40 bits per heavy atom. The molecule has 1 aliphatic heterocycles. The summed E-state index contributed by atoms with van der Waals surface area (Å²) in [5.41, 5.74) is 2.04. The van der Waals surface area contributed by atoms with Gasteiger partial charge in [-0.05, 0) is 32.6 Å². The molecule has 1 fully saturated rings. The smallest absolute Gasteiger partial charge is 0.137 e. The second-order valence-corrected chi connectivity index (χ2v) is 5.93. The number of likely N-dealkylation sites (N-methyl/N-ethyl adjacent to an activating group) is 1. The van der Waals surface area contributed by atoms with E-state index >= 15 is 0 Å². The number of aliphatic hydroxyl groups excluding tert-OH is 1. The zero-order valence-corrected chi connectivity index (χ0v) is 12.1. The molecule has 2 aromatic heterocycles. The number of aliphatic hydroxyl groups is 1. The van der Waals surface area contributed by atoms with Gasteiger partial charge in [0.2, 0.25) is 0 Å². The predicted octanol–water partition coefficient (Wildman–Crippen LogP) is 0.831. The van der Waals surface area contributed by atoms with Crippen molar-refractivity contribution < 1.29 is 5.11 Å². The summed E-state index contributed by atoms with van der Waals surface area (Å²) < 4.78 is 2.04. The molecule has 5 heteroatoms. The van der Waals surface area contributed by atoms with Crippen LogP contribution >= 0.6 is 0 Å². The molecule has 3 heterocycles. The van der Waals surface area contributed by atoms with E-state index in [0.29, 0.717) is 6.04 Å². The quantitative estimate of drug-likeness (QED) is 0.897. The van der Waals surface area contributed by atoms with Crippen molar-refractivity contribution in [2.75, 3.05) is 27.2 Å². The van der Waals surface area contributed by atoms with Gasteiger partial charge in [0, 0.05) is 38.1 Å². The fourth-order valence-electron chi connectivity index (χ4n) is 3.03. The Morgan fingerprint density at radius 2 is 2.25 bits per heavy atom. The summed E-state index contributed by atoms with van der Waals surface area (Å²) in [7, 11) is 4.15. The highest BCUT2D eigenvalue weighted by molar-refractivity contribution is 5.39. The fraction of sp³-hybridized carbons (Fsp3) is 0.533. The second-order valence-electron chi connectivity index (χ2n) is 5.93. The number of pyridine rings is 1. The van der Waals surface area contributed by atoms with Gasteiger partial charge in [-0.15, -0.1) is 0 Å². The van der Waals surface area contributed by atoms with E-state index in [0.717, 1.165) is 37.4 Å². The van der Waals surface area contributed by atoms with Crippen molar-refractivity contribution in [3.05, 3.63) is 36.3 Å². The third kappa shape index (κ3) is 2.85. The lowest BCUT2D eigenvalue weighted by Gasteiger charge is -2.25. The van der Waals surface area contributed by atoms with Crippen molar-refractivity contribution in [3.8, 4) is 0 Å². The third-order valence-electron chi connectivity index (χ3n) is 3.86. The van der Waals surface area contributed by atoms with Crippen LogP contribution in [0.15, 0.2) is 30.6 Å². The zero-order valence-electron chi connectivity index (χ0n) is 12.1. The van der Waals surface area contributed by atoms with Gasteiger partial charge in [0.25, 0.3) is 0 Å². The standard InChI is InChI=1S/C15H22N4O/c1-17(2)10-13-7-14(20)11-19(13)9-12-8-18-6-4-3-5-15(18)16-12/h3-6,8,13-14,20H,7,9-11H2,1-2H3. The van der Waals surface area contributed by atoms with Crippen LogP contribution in [0.2, 0.25) is 0 Å². The van der Waals surface area contributed by atoms with Crippen LogP contribution in [0.3, 0.4) is 0 Å². The third-order valence-corrected chi connectivity index (χ3v) is 3.86. The van der Waals surface area contributed by atoms with Gasteiger partial charge in [-0.3, -0.25) is 4.90 Å². The molecule has 108 valence electrons. The normalized spacial score (nSPS) is 24.0. The van der Waals surface area contributed by atoms with Crippen molar-refractivity contribution in [1.29, 1.82) is 0 Å². The molecule has 3 rings (SSSR count). The molecule has 2 aromatic rings. The number of hydrogen-bond donors (Lipinski definition) is 1. The van der Waals surface area contributed by atoms with E-state index < -0.39 is 0 Å². The molecule has 1 saturated heterocycles. The van der Waals surface area contributed by atoms with Crippen LogP contribution in [-0.4, -0.2) is 63.6 Å². The highest BCUT2D eigenvalue weighted by Crippen LogP contribution is 2.21. The van der Waals surface area contributed by atoms with Gasteiger partial charge in [0.15, 0.2) is 0 Å². The molecule has 0 bridgehead atoms. The predicted molar refractivity (Wildman–Crippen MR) is 78.6 cm³/mol. The van der Waals surface area contributed by atoms with Gasteiger partial charge >= 0.3 is 0 Å². The van der Waals surface area contributed by atoms with Crippen molar-refractivity contribution in [3.63, 3.8) is 0 Å². The Labute approximate surface area is 119 Å². The number of imidazole rings is 1. The van der Waals surface area contributed by atoms with Crippen LogP contribution in [0.1, 0.15) is 12.1 Å². The summed E-state index contributed by atoms with van der Waals surface area (Å²) in [6, 6.07) is 6.43. The average Bonchev–Trinajstić information content (AvgIpc) is 2.92. The number of β-amino-alcohol motifs (C(OH)–C–C–N with tert-alkyl or cyclic N) is 1. The van der Waals surface area contributed by atoms with Crippen LogP contribution in [0.4, 0.5) is 0 Å². The Hall–Kier alpha value is -1.43. The van der Waals surface area contributed by atoms with Crippen molar-refractivity contribution in [1.82, 2.24) is 19.2 Å². The first-order chi connectivity index (χ1) is 9.61. The summed E-state index contributed by atoms with van der Waals surface area (Å²) in [5.74, 6) is 0. The van der Waals surface area contributed by atoms with Gasteiger partial charge in [0.05, 0.1) is 11.8 Å². The minimum Gasteiger partial charge on any atom is -0.392 e. The highest BCUT2D eigenvalue weighted by atomic mass is 16.3. The lowest BCUT2D eigenvalue weighted by Crippen LogP contribution is -2.37. The molecular weight excluding hydrogens is 252 g/mol. The number of aromatic nitrogens is 2. The first-order valence-corrected chi connectivity index (χ1v) is 7.11. The molecule has 1 N–H and O–H groups in total. The molecule has 5 nitrogen and oxygen atoms in total. The molecular formula is C15H22N4O. The molecule has 0 amide bonds. The maximum atomic E-state index is 9.91. The van der Waals surface area contributed by atoms with Crippen LogP contribution in [-0.2, 0) is 6.54 Å². The molecule has 1 aliphatic rings. The van der Waals surface area contributed by atoms with E-state index in [1.807, 2.05) is 28.8 Å². The molecule has 0 spiro atoms. The van der Waals surface area contributed by atoms with E-state index in [1.54, 1.807) is 0 Å². The summed E-state index contributed by atoms with van der Waals surface area (Å²) in [6.07, 6.45) is 4.73. The Bertz CT molecular complexity index is 547. The minimum atomic E-state index is -0.211. The van der Waals surface area contributed by atoms with Crippen molar-refractivity contribution in [2.24, 2.45) is 0 Å². The maximum absolute atomic E-state index is 9.91. The molecule has 2 unspecified atom stereocenters. The highest BCUT2D eigenvalue weighted by Gasteiger charge is 2.31. The van der Waals surface area contributed by atoms with Gasteiger partial charge < -0.3 is 14.4 Å². The van der Waals surface area contributed by atoms with E-state index in [2.05, 4.69) is 35.1 Å². The molecule has 20 heavy (non-hydrogen) atoms. The zero-order chi connectivity index (χ0) is 14.1. The van der Waals surface area contributed by atoms with Crippen LogP contribution in [0.25, 0.3) is 5.65 Å². The first-order valence-electron chi connectivity index (χ1n) is 7.11. The summed E-state index contributed by atoms with van der Waals surface area (Å²) in [5, 5.41) is 9.91. The van der Waals surface area contributed by atoms with Gasteiger partial charge in [0.1, 0.15) is 5.65 Å². The van der Waals surface area contributed by atoms with E-state index in [4.69, 9.17) is 0 Å². The number of hydrogen-bond acceptors (Lipinski definition) is 4.